The van der Waals surface area contributed by atoms with Crippen LogP contribution in [0.15, 0.2) is 48.5 Å². The lowest BCUT2D eigenvalue weighted by molar-refractivity contribution is 0.0227. The zero-order chi connectivity index (χ0) is 21.4. The lowest BCUT2D eigenvalue weighted by atomic mass is 10.1. The average molecular weight is 403 g/mol. The number of esters is 1. The van der Waals surface area contributed by atoms with Gasteiger partial charge in [-0.15, -0.1) is 0 Å². The maximum absolute atomic E-state index is 12.7. The van der Waals surface area contributed by atoms with Crippen molar-refractivity contribution in [2.75, 3.05) is 6.73 Å². The molecule has 0 saturated heterocycles. The molecule has 0 aliphatic carbocycles. The summed E-state index contributed by atoms with van der Waals surface area (Å²) >= 11 is 0. The number of nitrogens with zero attached hydrogens (tertiary/aromatic N) is 3. The van der Waals surface area contributed by atoms with Crippen LogP contribution in [-0.4, -0.2) is 39.2 Å². The number of carbonyl (C=O) groups is 3. The lowest BCUT2D eigenvalue weighted by Crippen LogP contribution is -2.33. The molecule has 0 spiro atoms. The van der Waals surface area contributed by atoms with E-state index in [2.05, 4.69) is 5.10 Å². The Morgan fingerprint density at radius 3 is 2.13 bits per heavy atom. The van der Waals surface area contributed by atoms with Crippen molar-refractivity contribution >= 4 is 17.8 Å². The Balaban J connectivity index is 1.48. The fraction of sp³-hybridized carbons (Fsp3) is 0.217. The van der Waals surface area contributed by atoms with Crippen LogP contribution in [-0.2, 0) is 11.3 Å². The largest absolute Gasteiger partial charge is 0.440 e. The van der Waals surface area contributed by atoms with Crippen molar-refractivity contribution in [2.24, 2.45) is 0 Å². The minimum atomic E-state index is -0.614. The van der Waals surface area contributed by atoms with Gasteiger partial charge in [0.1, 0.15) is 5.56 Å². The van der Waals surface area contributed by atoms with Gasteiger partial charge < -0.3 is 4.74 Å². The number of hydrogen-bond acceptors (Lipinski definition) is 5. The van der Waals surface area contributed by atoms with Crippen molar-refractivity contribution in [3.05, 3.63) is 87.7 Å². The quantitative estimate of drug-likeness (QED) is 0.482. The molecule has 1 aliphatic heterocycles. The molecule has 152 valence electrons. The second-order valence-electron chi connectivity index (χ2n) is 7.33. The normalized spacial score (nSPS) is 13.0. The van der Waals surface area contributed by atoms with Crippen molar-refractivity contribution in [1.82, 2.24) is 14.7 Å². The number of benzene rings is 2. The molecular formula is C23H21N3O4. The summed E-state index contributed by atoms with van der Waals surface area (Å²) in [6, 6.07) is 14.6. The molecular weight excluding hydrogens is 382 g/mol. The molecule has 1 aromatic heterocycles. The summed E-state index contributed by atoms with van der Waals surface area (Å²) in [5.74, 6) is -1.55. The molecule has 3 aromatic rings. The van der Waals surface area contributed by atoms with Crippen LogP contribution >= 0.6 is 0 Å². The van der Waals surface area contributed by atoms with Crippen LogP contribution in [0.25, 0.3) is 0 Å². The Morgan fingerprint density at radius 2 is 1.53 bits per heavy atom. The first-order chi connectivity index (χ1) is 14.4. The summed E-state index contributed by atoms with van der Waals surface area (Å²) in [5, 5.41) is 4.46. The highest BCUT2D eigenvalue weighted by molar-refractivity contribution is 6.21. The molecule has 0 radical (unpaired) electrons. The summed E-state index contributed by atoms with van der Waals surface area (Å²) in [6.07, 6.45) is 0. The number of ether oxygens (including phenoxy) is 1. The third kappa shape index (κ3) is 3.39. The fourth-order valence-electron chi connectivity index (χ4n) is 3.56. The number of rotatable bonds is 5. The Bertz CT molecular complexity index is 1130. The van der Waals surface area contributed by atoms with E-state index in [0.29, 0.717) is 34.6 Å². The average Bonchev–Trinajstić information content (AvgIpc) is 3.15. The second-order valence-corrected chi connectivity index (χ2v) is 7.33. The summed E-state index contributed by atoms with van der Waals surface area (Å²) in [4.78, 5) is 38.5. The van der Waals surface area contributed by atoms with Crippen LogP contribution in [0.4, 0.5) is 0 Å². The standard InChI is InChI=1S/C23H21N3O4/c1-14-8-10-17(11-9-14)12-26-16(3)20(15(2)24-26)23(29)30-13-25-21(27)18-6-4-5-7-19(18)22(25)28/h4-11H,12-13H2,1-3H3. The molecule has 4 rings (SSSR count). The summed E-state index contributed by atoms with van der Waals surface area (Å²) in [7, 11) is 0. The van der Waals surface area contributed by atoms with Gasteiger partial charge in [-0.3, -0.25) is 14.3 Å². The molecule has 7 nitrogen and oxygen atoms in total. The monoisotopic (exact) mass is 403 g/mol. The molecule has 0 atom stereocenters. The third-order valence-electron chi connectivity index (χ3n) is 5.24. The fourth-order valence-corrected chi connectivity index (χ4v) is 3.56. The van der Waals surface area contributed by atoms with E-state index in [4.69, 9.17) is 4.74 Å². The third-order valence-corrected chi connectivity index (χ3v) is 5.24. The van der Waals surface area contributed by atoms with E-state index < -0.39 is 24.5 Å². The van der Waals surface area contributed by atoms with Gasteiger partial charge >= 0.3 is 5.97 Å². The summed E-state index contributed by atoms with van der Waals surface area (Å²) in [5.41, 5.74) is 4.42. The van der Waals surface area contributed by atoms with Crippen LogP contribution in [0.2, 0.25) is 0 Å². The number of hydrogen-bond donors (Lipinski definition) is 0. The Hall–Kier alpha value is -3.74. The van der Waals surface area contributed by atoms with Crippen molar-refractivity contribution in [3.8, 4) is 0 Å². The van der Waals surface area contributed by atoms with Crippen molar-refractivity contribution in [3.63, 3.8) is 0 Å². The van der Waals surface area contributed by atoms with Gasteiger partial charge in [0.15, 0.2) is 6.73 Å². The van der Waals surface area contributed by atoms with Gasteiger partial charge in [-0.2, -0.15) is 5.10 Å². The zero-order valence-corrected chi connectivity index (χ0v) is 17.0. The maximum atomic E-state index is 12.7. The number of carbonyl (C=O) groups excluding carboxylic acids is 3. The van der Waals surface area contributed by atoms with Crippen LogP contribution in [0, 0.1) is 20.8 Å². The lowest BCUT2D eigenvalue weighted by Gasteiger charge is -2.14. The Kier molecular flexibility index (Phi) is 4.95. The molecule has 7 heteroatoms. The minimum absolute atomic E-state index is 0.317. The molecule has 1 aliphatic rings. The predicted molar refractivity (Wildman–Crippen MR) is 109 cm³/mol. The highest BCUT2D eigenvalue weighted by Crippen LogP contribution is 2.23. The molecule has 0 N–H and O–H groups in total. The molecule has 2 aromatic carbocycles. The molecule has 2 amide bonds. The first-order valence-electron chi connectivity index (χ1n) is 9.58. The molecule has 30 heavy (non-hydrogen) atoms. The first-order valence-corrected chi connectivity index (χ1v) is 9.58. The highest BCUT2D eigenvalue weighted by atomic mass is 16.5. The van der Waals surface area contributed by atoms with Crippen LogP contribution in [0.3, 0.4) is 0 Å². The maximum Gasteiger partial charge on any atom is 0.343 e. The van der Waals surface area contributed by atoms with Crippen LogP contribution in [0.5, 0.6) is 0 Å². The molecule has 0 unspecified atom stereocenters. The Labute approximate surface area is 173 Å². The number of aromatic nitrogens is 2. The van der Waals surface area contributed by atoms with Gasteiger partial charge in [0, 0.05) is 0 Å². The van der Waals surface area contributed by atoms with Crippen molar-refractivity contribution in [1.29, 1.82) is 0 Å². The van der Waals surface area contributed by atoms with E-state index in [9.17, 15) is 14.4 Å². The van der Waals surface area contributed by atoms with Gasteiger partial charge in [-0.25, -0.2) is 9.69 Å². The Morgan fingerprint density at radius 1 is 0.933 bits per heavy atom. The number of aryl methyl sites for hydroxylation is 2. The summed E-state index contributed by atoms with van der Waals surface area (Å²) in [6.45, 7) is 5.64. The molecule has 0 fully saturated rings. The van der Waals surface area contributed by atoms with Crippen LogP contribution < -0.4 is 0 Å². The van der Waals surface area contributed by atoms with Gasteiger partial charge in [0.2, 0.25) is 0 Å². The number of imide groups is 1. The van der Waals surface area contributed by atoms with Crippen LogP contribution in [0.1, 0.15) is 53.6 Å². The highest BCUT2D eigenvalue weighted by Gasteiger charge is 2.36. The van der Waals surface area contributed by atoms with E-state index in [1.54, 1.807) is 42.8 Å². The number of fused-ring (bicyclic) bond motifs is 1. The van der Waals surface area contributed by atoms with E-state index in [1.807, 2.05) is 31.2 Å². The smallest absolute Gasteiger partial charge is 0.343 e. The van der Waals surface area contributed by atoms with Crippen molar-refractivity contribution in [2.45, 2.75) is 27.3 Å². The first kappa shape index (κ1) is 19.6. The van der Waals surface area contributed by atoms with E-state index in [1.165, 1.54) is 5.56 Å². The van der Waals surface area contributed by atoms with E-state index >= 15 is 0 Å². The van der Waals surface area contributed by atoms with E-state index in [0.717, 1.165) is 10.5 Å². The topological polar surface area (TPSA) is 81.5 Å². The zero-order valence-electron chi connectivity index (χ0n) is 17.0. The van der Waals surface area contributed by atoms with Gasteiger partial charge in [0.05, 0.1) is 29.1 Å². The van der Waals surface area contributed by atoms with Gasteiger partial charge in [-0.1, -0.05) is 42.0 Å². The van der Waals surface area contributed by atoms with Crippen molar-refractivity contribution < 1.29 is 19.1 Å². The predicted octanol–water partition coefficient (Wildman–Crippen LogP) is 3.27. The van der Waals surface area contributed by atoms with E-state index in [-0.39, 0.29) is 0 Å². The second kappa shape index (κ2) is 7.59. The van der Waals surface area contributed by atoms with Gasteiger partial charge in [0.25, 0.3) is 11.8 Å². The van der Waals surface area contributed by atoms with Gasteiger partial charge in [-0.05, 0) is 38.5 Å². The minimum Gasteiger partial charge on any atom is -0.440 e. The summed E-state index contributed by atoms with van der Waals surface area (Å²) < 4.78 is 7.07. The molecule has 0 saturated carbocycles. The number of amides is 2. The molecule has 0 bridgehead atoms. The molecule has 2 heterocycles. The SMILES string of the molecule is Cc1ccc(Cn2nc(C)c(C(=O)OCN3C(=O)c4ccccc4C3=O)c2C)cc1.